The number of carbonyl (C=O) groups is 1. The summed E-state index contributed by atoms with van der Waals surface area (Å²) in [5.74, 6) is 0.759. The second-order valence-electron chi connectivity index (χ2n) is 6.91. The Kier molecular flexibility index (Phi) is 5.15. The van der Waals surface area contributed by atoms with Gasteiger partial charge in [-0.25, -0.2) is 13.4 Å². The number of nitrogens with one attached hydrogen (secondary N) is 2. The minimum Gasteiger partial charge on any atom is -0.495 e. The van der Waals surface area contributed by atoms with E-state index in [0.717, 1.165) is 11.8 Å². The smallest absolute Gasteiger partial charge is 0.222 e. The van der Waals surface area contributed by atoms with E-state index in [1.807, 2.05) is 0 Å². The van der Waals surface area contributed by atoms with Crippen LogP contribution in [0.4, 0.5) is 5.82 Å². The number of ether oxygens (including phenoxy) is 1. The van der Waals surface area contributed by atoms with Crippen LogP contribution in [0.5, 0.6) is 5.75 Å². The van der Waals surface area contributed by atoms with Crippen molar-refractivity contribution in [3.63, 3.8) is 0 Å². The molecule has 4 aromatic rings. The molecule has 10 heteroatoms. The average molecular weight is 437 g/mol. The first-order chi connectivity index (χ1) is 14.8. The lowest BCUT2D eigenvalue weighted by atomic mass is 10.0. The van der Waals surface area contributed by atoms with Gasteiger partial charge in [-0.1, -0.05) is 0 Å². The highest BCUT2D eigenvalue weighted by atomic mass is 32.2. The fraction of sp³-hybridized carbons (Fsp3) is 0.143. The molecule has 4 rings (SSSR count). The van der Waals surface area contributed by atoms with Crippen molar-refractivity contribution in [2.75, 3.05) is 18.7 Å². The van der Waals surface area contributed by atoms with Crippen molar-refractivity contribution in [2.45, 2.75) is 11.8 Å². The Labute approximate surface area is 178 Å². The molecule has 0 aliphatic carbocycles. The number of H-pyrrole nitrogens is 1. The van der Waals surface area contributed by atoms with Crippen LogP contribution in [-0.4, -0.2) is 47.6 Å². The van der Waals surface area contributed by atoms with Crippen molar-refractivity contribution < 1.29 is 17.9 Å². The largest absolute Gasteiger partial charge is 0.495 e. The number of aromatic amines is 1. The summed E-state index contributed by atoms with van der Waals surface area (Å²) in [6.45, 7) is 1.40. The van der Waals surface area contributed by atoms with Gasteiger partial charge in [0, 0.05) is 31.1 Å². The molecule has 0 aliphatic heterocycles. The molecule has 4 aromatic heterocycles. The van der Waals surface area contributed by atoms with E-state index in [9.17, 15) is 13.2 Å². The third kappa shape index (κ3) is 4.10. The van der Waals surface area contributed by atoms with Gasteiger partial charge in [-0.2, -0.15) is 0 Å². The van der Waals surface area contributed by atoms with Crippen LogP contribution < -0.4 is 10.1 Å². The highest BCUT2D eigenvalue weighted by molar-refractivity contribution is 7.90. The number of amides is 1. The van der Waals surface area contributed by atoms with Crippen LogP contribution in [0.3, 0.4) is 0 Å². The Morgan fingerprint density at radius 1 is 1.10 bits per heavy atom. The van der Waals surface area contributed by atoms with E-state index in [2.05, 4.69) is 25.3 Å². The lowest BCUT2D eigenvalue weighted by Crippen LogP contribution is -2.07. The molecule has 0 aromatic carbocycles. The van der Waals surface area contributed by atoms with Crippen LogP contribution in [0.15, 0.2) is 53.8 Å². The van der Waals surface area contributed by atoms with Gasteiger partial charge < -0.3 is 15.0 Å². The number of pyridine rings is 3. The molecule has 0 aliphatic rings. The van der Waals surface area contributed by atoms with E-state index >= 15 is 0 Å². The molecule has 0 fully saturated rings. The Morgan fingerprint density at radius 2 is 1.90 bits per heavy atom. The van der Waals surface area contributed by atoms with E-state index in [4.69, 9.17) is 4.74 Å². The van der Waals surface area contributed by atoms with Gasteiger partial charge in [-0.15, -0.1) is 0 Å². The summed E-state index contributed by atoms with van der Waals surface area (Å²) in [5.41, 5.74) is 3.82. The number of rotatable bonds is 5. The zero-order valence-corrected chi connectivity index (χ0v) is 17.8. The summed E-state index contributed by atoms with van der Waals surface area (Å²) in [7, 11) is -1.87. The van der Waals surface area contributed by atoms with Crippen LogP contribution in [0.2, 0.25) is 0 Å². The van der Waals surface area contributed by atoms with E-state index in [-0.39, 0.29) is 10.8 Å². The molecule has 0 saturated heterocycles. The van der Waals surface area contributed by atoms with Gasteiger partial charge in [-0.3, -0.25) is 14.8 Å². The van der Waals surface area contributed by atoms with E-state index < -0.39 is 9.84 Å². The predicted octanol–water partition coefficient (Wildman–Crippen LogP) is 3.06. The maximum atomic E-state index is 12.0. The fourth-order valence-electron chi connectivity index (χ4n) is 3.21. The highest BCUT2D eigenvalue weighted by Gasteiger charge is 2.20. The minimum atomic E-state index is -3.43. The van der Waals surface area contributed by atoms with Crippen LogP contribution in [0.25, 0.3) is 33.5 Å². The number of anilines is 1. The summed E-state index contributed by atoms with van der Waals surface area (Å²) in [4.78, 5) is 27.9. The number of sulfone groups is 1. The zero-order valence-electron chi connectivity index (χ0n) is 17.0. The fourth-order valence-corrected chi connectivity index (χ4v) is 3.78. The minimum absolute atomic E-state index is 0.107. The Bertz CT molecular complexity index is 1400. The highest BCUT2D eigenvalue weighted by Crippen LogP contribution is 2.37. The molecule has 0 saturated carbocycles. The van der Waals surface area contributed by atoms with Gasteiger partial charge >= 0.3 is 0 Å². The molecule has 0 radical (unpaired) electrons. The SMILES string of the molecule is COc1ccc(-c2c(-c3ccnc(NC(C)=O)c3)[nH]c3cc(S(C)(=O)=O)cnc23)nc1. The maximum absolute atomic E-state index is 12.0. The number of nitrogens with zero attached hydrogens (tertiary/aromatic N) is 3. The number of aromatic nitrogens is 4. The topological polar surface area (TPSA) is 127 Å². The second-order valence-corrected chi connectivity index (χ2v) is 8.92. The molecule has 31 heavy (non-hydrogen) atoms. The van der Waals surface area contributed by atoms with Gasteiger partial charge in [0.25, 0.3) is 0 Å². The van der Waals surface area contributed by atoms with E-state index in [0.29, 0.717) is 39.6 Å². The van der Waals surface area contributed by atoms with Crippen LogP contribution in [0, 0.1) is 0 Å². The summed E-state index contributed by atoms with van der Waals surface area (Å²) >= 11 is 0. The van der Waals surface area contributed by atoms with Crippen LogP contribution in [0.1, 0.15) is 6.92 Å². The zero-order chi connectivity index (χ0) is 22.2. The maximum Gasteiger partial charge on any atom is 0.222 e. The molecule has 0 spiro atoms. The molecule has 0 atom stereocenters. The van der Waals surface area contributed by atoms with Crippen molar-refractivity contribution >= 4 is 32.6 Å². The van der Waals surface area contributed by atoms with E-state index in [1.54, 1.807) is 49.8 Å². The normalized spacial score (nSPS) is 11.5. The van der Waals surface area contributed by atoms with Crippen LogP contribution >= 0.6 is 0 Å². The summed E-state index contributed by atoms with van der Waals surface area (Å²) in [6, 6.07) is 8.62. The Hall–Kier alpha value is -3.79. The first kappa shape index (κ1) is 20.5. The molecule has 9 nitrogen and oxygen atoms in total. The number of hydrogen-bond acceptors (Lipinski definition) is 7. The van der Waals surface area contributed by atoms with Crippen molar-refractivity contribution in [1.29, 1.82) is 0 Å². The molecule has 0 bridgehead atoms. The quantitative estimate of drug-likeness (QED) is 0.491. The monoisotopic (exact) mass is 437 g/mol. The Balaban J connectivity index is 1.97. The van der Waals surface area contributed by atoms with E-state index in [1.165, 1.54) is 13.1 Å². The molecular formula is C21H19N5O4S. The lowest BCUT2D eigenvalue weighted by molar-refractivity contribution is -0.114. The van der Waals surface area contributed by atoms with Crippen molar-refractivity contribution in [2.24, 2.45) is 0 Å². The van der Waals surface area contributed by atoms with Crippen LogP contribution in [-0.2, 0) is 14.6 Å². The number of hydrogen-bond donors (Lipinski definition) is 2. The number of methoxy groups -OCH3 is 1. The van der Waals surface area contributed by atoms with Gasteiger partial charge in [0.1, 0.15) is 11.6 Å². The van der Waals surface area contributed by atoms with Gasteiger partial charge in [0.2, 0.25) is 5.91 Å². The third-order valence-electron chi connectivity index (χ3n) is 4.62. The summed E-state index contributed by atoms with van der Waals surface area (Å²) in [6.07, 6.45) is 5.64. The molecule has 158 valence electrons. The van der Waals surface area contributed by atoms with Gasteiger partial charge in [0.05, 0.1) is 46.2 Å². The van der Waals surface area contributed by atoms with Gasteiger partial charge in [0.15, 0.2) is 9.84 Å². The second kappa shape index (κ2) is 7.80. The first-order valence-electron chi connectivity index (χ1n) is 9.22. The molecule has 1 amide bonds. The van der Waals surface area contributed by atoms with Gasteiger partial charge in [-0.05, 0) is 30.3 Å². The predicted molar refractivity (Wildman–Crippen MR) is 117 cm³/mol. The van der Waals surface area contributed by atoms with Crippen molar-refractivity contribution in [3.05, 3.63) is 48.9 Å². The molecule has 4 heterocycles. The third-order valence-corrected chi connectivity index (χ3v) is 5.70. The average Bonchev–Trinajstić information content (AvgIpc) is 3.12. The van der Waals surface area contributed by atoms with Crippen molar-refractivity contribution in [1.82, 2.24) is 19.9 Å². The molecule has 2 N–H and O–H groups in total. The Morgan fingerprint density at radius 3 is 2.55 bits per heavy atom. The van der Waals surface area contributed by atoms with Crippen molar-refractivity contribution in [3.8, 4) is 28.3 Å². The summed E-state index contributed by atoms with van der Waals surface area (Å²) < 4.78 is 29.2. The number of carbonyl (C=O) groups excluding carboxylic acids is 1. The first-order valence-corrected chi connectivity index (χ1v) is 11.1. The standard InChI is InChI=1S/C21H19N5O4S/c1-12(27)25-18-8-13(6-7-22-18)20-19(16-5-4-14(30-2)10-23-16)21-17(26-20)9-15(11-24-21)31(3,28)29/h4-11,26H,1-3H3,(H,22,25,27). The molecule has 0 unspecified atom stereocenters. The number of fused-ring (bicyclic) bond motifs is 1. The molecular weight excluding hydrogens is 418 g/mol. The lowest BCUT2D eigenvalue weighted by Gasteiger charge is -2.07. The summed E-state index contributed by atoms with van der Waals surface area (Å²) in [5, 5.41) is 2.66.